The largest absolute Gasteiger partial charge is 0.494 e. The van der Waals surface area contributed by atoms with E-state index in [2.05, 4.69) is 10.6 Å². The molecule has 0 bridgehead atoms. The summed E-state index contributed by atoms with van der Waals surface area (Å²) in [5.74, 6) is 2.43. The first-order valence-electron chi connectivity index (χ1n) is 9.12. The van der Waals surface area contributed by atoms with Crippen LogP contribution in [0.5, 0.6) is 5.75 Å². The number of carbonyl (C=O) groups is 2. The summed E-state index contributed by atoms with van der Waals surface area (Å²) in [6, 6.07) is 7.01. The quantitative estimate of drug-likeness (QED) is 0.792. The Bertz CT molecular complexity index is 629. The van der Waals surface area contributed by atoms with Gasteiger partial charge < -0.3 is 20.1 Å². The van der Waals surface area contributed by atoms with Crippen molar-refractivity contribution in [1.82, 2.24) is 10.6 Å². The topological polar surface area (TPSA) is 76.7 Å². The fraction of sp³-hybridized carbons (Fsp3) is 0.579. The summed E-state index contributed by atoms with van der Waals surface area (Å²) >= 11 is 1.91. The van der Waals surface area contributed by atoms with Crippen LogP contribution < -0.4 is 15.4 Å². The maximum absolute atomic E-state index is 12.2. The summed E-state index contributed by atoms with van der Waals surface area (Å²) in [4.78, 5) is 24.4. The van der Waals surface area contributed by atoms with Crippen molar-refractivity contribution in [1.29, 1.82) is 0 Å². The fourth-order valence-corrected chi connectivity index (χ4v) is 4.80. The molecule has 2 atom stereocenters. The van der Waals surface area contributed by atoms with Gasteiger partial charge >= 0.3 is 0 Å². The van der Waals surface area contributed by atoms with Gasteiger partial charge in [-0.15, -0.1) is 0 Å². The molecule has 1 spiro atoms. The molecular formula is C19H26N2O4S. The Labute approximate surface area is 158 Å². The minimum Gasteiger partial charge on any atom is -0.494 e. The maximum atomic E-state index is 12.2. The Morgan fingerprint density at radius 1 is 1.35 bits per heavy atom. The molecule has 2 N–H and O–H groups in total. The predicted molar refractivity (Wildman–Crippen MR) is 102 cm³/mol. The molecule has 3 rings (SSSR count). The number of carbonyl (C=O) groups excluding carboxylic acids is 2. The molecule has 6 nitrogen and oxygen atoms in total. The summed E-state index contributed by atoms with van der Waals surface area (Å²) in [5, 5.41) is 5.71. The van der Waals surface area contributed by atoms with E-state index in [1.54, 1.807) is 24.3 Å². The van der Waals surface area contributed by atoms with Gasteiger partial charge in [-0.2, -0.15) is 11.8 Å². The van der Waals surface area contributed by atoms with E-state index >= 15 is 0 Å². The zero-order chi connectivity index (χ0) is 18.4. The van der Waals surface area contributed by atoms with Crippen molar-refractivity contribution < 1.29 is 19.1 Å². The van der Waals surface area contributed by atoms with Crippen LogP contribution in [0.1, 0.15) is 36.5 Å². The SMILES string of the molecule is CCOc1ccc(C(=O)NCC(=O)NC2CCOC3(CCSC3)C2)cc1. The Kier molecular flexibility index (Phi) is 6.43. The van der Waals surface area contributed by atoms with Crippen molar-refractivity contribution in [2.24, 2.45) is 0 Å². The second-order valence-corrected chi connectivity index (χ2v) is 7.84. The molecular weight excluding hydrogens is 352 g/mol. The zero-order valence-corrected chi connectivity index (χ0v) is 15.9. The van der Waals surface area contributed by atoms with Gasteiger partial charge in [0.1, 0.15) is 5.75 Å². The number of rotatable bonds is 6. The Morgan fingerprint density at radius 3 is 2.85 bits per heavy atom. The number of nitrogens with one attached hydrogen (secondary N) is 2. The molecule has 7 heteroatoms. The lowest BCUT2D eigenvalue weighted by molar-refractivity contribution is -0.123. The van der Waals surface area contributed by atoms with Gasteiger partial charge in [0.05, 0.1) is 18.8 Å². The normalized spacial score (nSPS) is 25.0. The highest BCUT2D eigenvalue weighted by Gasteiger charge is 2.40. The third-order valence-corrected chi connectivity index (χ3v) is 5.99. The summed E-state index contributed by atoms with van der Waals surface area (Å²) in [6.07, 6.45) is 2.74. The van der Waals surface area contributed by atoms with E-state index in [9.17, 15) is 9.59 Å². The summed E-state index contributed by atoms with van der Waals surface area (Å²) in [5.41, 5.74) is 0.445. The molecule has 2 saturated heterocycles. The lowest BCUT2D eigenvalue weighted by atomic mass is 9.90. The van der Waals surface area contributed by atoms with Gasteiger partial charge in [0.2, 0.25) is 5.91 Å². The van der Waals surface area contributed by atoms with Crippen molar-refractivity contribution in [3.63, 3.8) is 0 Å². The Hall–Kier alpha value is -1.73. The first-order valence-corrected chi connectivity index (χ1v) is 10.3. The highest BCUT2D eigenvalue weighted by Crippen LogP contribution is 2.38. The molecule has 142 valence electrons. The van der Waals surface area contributed by atoms with Gasteiger partial charge in [-0.1, -0.05) is 0 Å². The van der Waals surface area contributed by atoms with Crippen LogP contribution in [-0.2, 0) is 9.53 Å². The second-order valence-electron chi connectivity index (χ2n) is 6.73. The summed E-state index contributed by atoms with van der Waals surface area (Å²) in [6.45, 7) is 3.15. The number of amides is 2. The van der Waals surface area contributed by atoms with Crippen molar-refractivity contribution in [3.05, 3.63) is 29.8 Å². The Balaban J connectivity index is 1.44. The third kappa shape index (κ3) is 4.92. The number of benzene rings is 1. The molecule has 0 saturated carbocycles. The van der Waals surface area contributed by atoms with E-state index < -0.39 is 0 Å². The lowest BCUT2D eigenvalue weighted by Gasteiger charge is -2.38. The van der Waals surface area contributed by atoms with Gasteiger partial charge in [0.25, 0.3) is 5.91 Å². The summed E-state index contributed by atoms with van der Waals surface area (Å²) < 4.78 is 11.3. The molecule has 1 aromatic rings. The van der Waals surface area contributed by atoms with Crippen LogP contribution in [0.4, 0.5) is 0 Å². The standard InChI is InChI=1S/C19H26N2O4S/c1-2-24-16-5-3-14(4-6-16)18(23)20-12-17(22)21-15-7-9-25-19(11-15)8-10-26-13-19/h3-6,15H,2,7-13H2,1H3,(H,20,23)(H,21,22). The van der Waals surface area contributed by atoms with Gasteiger partial charge in [-0.05, 0) is 56.2 Å². The minimum absolute atomic E-state index is 0.0227. The van der Waals surface area contributed by atoms with E-state index in [0.29, 0.717) is 18.8 Å². The number of thioether (sulfide) groups is 1. The van der Waals surface area contributed by atoms with E-state index in [1.807, 2.05) is 18.7 Å². The number of hydrogen-bond acceptors (Lipinski definition) is 5. The van der Waals surface area contributed by atoms with Crippen molar-refractivity contribution in [2.45, 2.75) is 37.8 Å². The van der Waals surface area contributed by atoms with Crippen molar-refractivity contribution in [2.75, 3.05) is 31.3 Å². The number of ether oxygens (including phenoxy) is 2. The van der Waals surface area contributed by atoms with Gasteiger partial charge in [-0.3, -0.25) is 9.59 Å². The maximum Gasteiger partial charge on any atom is 0.251 e. The van der Waals surface area contributed by atoms with Crippen LogP contribution in [-0.4, -0.2) is 54.7 Å². The fourth-order valence-electron chi connectivity index (χ4n) is 3.42. The molecule has 2 amide bonds. The highest BCUT2D eigenvalue weighted by atomic mass is 32.2. The molecule has 2 fully saturated rings. The van der Waals surface area contributed by atoms with Gasteiger partial charge in [0, 0.05) is 24.0 Å². The molecule has 0 radical (unpaired) electrons. The first-order chi connectivity index (χ1) is 12.6. The third-order valence-electron chi connectivity index (χ3n) is 4.76. The molecule has 2 aliphatic heterocycles. The molecule has 2 unspecified atom stereocenters. The Morgan fingerprint density at radius 2 is 2.15 bits per heavy atom. The molecule has 2 aliphatic rings. The van der Waals surface area contributed by atoms with Crippen molar-refractivity contribution in [3.8, 4) is 5.75 Å². The minimum atomic E-state index is -0.265. The first kappa shape index (κ1) is 19.0. The van der Waals surface area contributed by atoms with Crippen LogP contribution in [0.2, 0.25) is 0 Å². The average Bonchev–Trinajstić information content (AvgIpc) is 3.08. The lowest BCUT2D eigenvalue weighted by Crippen LogP contribution is -2.50. The predicted octanol–water partition coefficient (Wildman–Crippen LogP) is 1.99. The van der Waals surface area contributed by atoms with E-state index in [-0.39, 0.29) is 30.0 Å². The molecule has 0 aliphatic carbocycles. The van der Waals surface area contributed by atoms with Crippen LogP contribution in [0.3, 0.4) is 0 Å². The molecule has 2 heterocycles. The average molecular weight is 378 g/mol. The molecule has 26 heavy (non-hydrogen) atoms. The zero-order valence-electron chi connectivity index (χ0n) is 15.1. The van der Waals surface area contributed by atoms with Crippen LogP contribution in [0, 0.1) is 0 Å². The van der Waals surface area contributed by atoms with Gasteiger partial charge in [-0.25, -0.2) is 0 Å². The smallest absolute Gasteiger partial charge is 0.251 e. The van der Waals surface area contributed by atoms with Crippen LogP contribution in [0.25, 0.3) is 0 Å². The van der Waals surface area contributed by atoms with Gasteiger partial charge in [0.15, 0.2) is 0 Å². The van der Waals surface area contributed by atoms with Crippen molar-refractivity contribution >= 4 is 23.6 Å². The number of hydrogen-bond donors (Lipinski definition) is 2. The molecule has 1 aromatic carbocycles. The molecule has 0 aromatic heterocycles. The monoisotopic (exact) mass is 378 g/mol. The summed E-state index contributed by atoms with van der Waals surface area (Å²) in [7, 11) is 0. The van der Waals surface area contributed by atoms with E-state index in [4.69, 9.17) is 9.47 Å². The highest BCUT2D eigenvalue weighted by molar-refractivity contribution is 7.99. The van der Waals surface area contributed by atoms with Crippen LogP contribution in [0.15, 0.2) is 24.3 Å². The second kappa shape index (κ2) is 8.77. The van der Waals surface area contributed by atoms with E-state index in [1.165, 1.54) is 0 Å². The van der Waals surface area contributed by atoms with E-state index in [0.717, 1.165) is 36.5 Å². The van der Waals surface area contributed by atoms with Crippen LogP contribution >= 0.6 is 11.8 Å².